The third kappa shape index (κ3) is 7.88. The molecule has 0 atom stereocenters. The lowest BCUT2D eigenvalue weighted by molar-refractivity contribution is -0.0125. The zero-order chi connectivity index (χ0) is 7.33. The molecule has 0 aliphatic carbocycles. The molecule has 0 aromatic heterocycles. The van der Waals surface area contributed by atoms with Gasteiger partial charge in [0.15, 0.2) is 0 Å². The first-order chi connectivity index (χ1) is 4.06. The Morgan fingerprint density at radius 2 is 2.00 bits per heavy atom. The van der Waals surface area contributed by atoms with Gasteiger partial charge in [-0.25, -0.2) is 5.48 Å². The van der Waals surface area contributed by atoms with E-state index in [1.807, 2.05) is 26.3 Å². The van der Waals surface area contributed by atoms with Crippen molar-refractivity contribution < 1.29 is 9.94 Å². The van der Waals surface area contributed by atoms with E-state index in [1.165, 1.54) is 0 Å². The van der Waals surface area contributed by atoms with Crippen LogP contribution in [0.3, 0.4) is 0 Å². The highest BCUT2D eigenvalue weighted by Crippen LogP contribution is 2.04. The number of hydroxylamine groups is 1. The van der Waals surface area contributed by atoms with Gasteiger partial charge >= 0.3 is 0 Å². The molecule has 0 saturated heterocycles. The summed E-state index contributed by atoms with van der Waals surface area (Å²) >= 11 is 0. The summed E-state index contributed by atoms with van der Waals surface area (Å²) in [5.41, 5.74) is 1.91. The number of nitrogens with one attached hydrogen (secondary N) is 1. The Hall–Kier alpha value is -0.120. The topological polar surface area (TPSA) is 41.5 Å². The molecule has 0 saturated carbocycles. The smallest absolute Gasteiger partial charge is 0.0621 e. The molecule has 9 heavy (non-hydrogen) atoms. The number of ether oxygens (including phenoxy) is 1. The minimum Gasteiger partial charge on any atom is -0.374 e. The summed E-state index contributed by atoms with van der Waals surface area (Å²) in [7, 11) is 0. The maximum Gasteiger partial charge on any atom is 0.0621 e. The molecular weight excluding hydrogens is 118 g/mol. The summed E-state index contributed by atoms with van der Waals surface area (Å²) in [6.45, 7) is 6.95. The van der Waals surface area contributed by atoms with Crippen LogP contribution in [0.25, 0.3) is 0 Å². The standard InChI is InChI=1S/C6H15NO2/c1-6(2,3)9-5-4-7-8/h7-8H,4-5H2,1-3H3. The zero-order valence-electron chi connectivity index (χ0n) is 6.27. The minimum absolute atomic E-state index is 0.100. The van der Waals surface area contributed by atoms with Crippen molar-refractivity contribution in [3.63, 3.8) is 0 Å². The molecule has 0 heterocycles. The van der Waals surface area contributed by atoms with Gasteiger partial charge in [-0.3, -0.25) is 0 Å². The number of hydrogen-bond acceptors (Lipinski definition) is 3. The Labute approximate surface area is 56.0 Å². The van der Waals surface area contributed by atoms with Gasteiger partial charge in [0.05, 0.1) is 12.2 Å². The summed E-state index contributed by atoms with van der Waals surface area (Å²) in [6.07, 6.45) is 0. The van der Waals surface area contributed by atoms with Crippen LogP contribution >= 0.6 is 0 Å². The molecular formula is C6H15NO2. The number of hydrogen-bond donors (Lipinski definition) is 2. The Morgan fingerprint density at radius 1 is 1.44 bits per heavy atom. The monoisotopic (exact) mass is 133 g/mol. The van der Waals surface area contributed by atoms with E-state index in [9.17, 15) is 0 Å². The van der Waals surface area contributed by atoms with Gasteiger partial charge in [0.1, 0.15) is 0 Å². The van der Waals surface area contributed by atoms with Crippen LogP contribution in [0, 0.1) is 0 Å². The Balaban J connectivity index is 3.07. The van der Waals surface area contributed by atoms with Crippen molar-refractivity contribution in [2.24, 2.45) is 0 Å². The molecule has 0 bridgehead atoms. The lowest BCUT2D eigenvalue weighted by Gasteiger charge is -2.18. The van der Waals surface area contributed by atoms with Crippen molar-refractivity contribution in [2.75, 3.05) is 13.2 Å². The first-order valence-corrected chi connectivity index (χ1v) is 3.07. The van der Waals surface area contributed by atoms with Crippen molar-refractivity contribution in [3.05, 3.63) is 0 Å². The summed E-state index contributed by atoms with van der Waals surface area (Å²) in [5.74, 6) is 0. The van der Waals surface area contributed by atoms with Gasteiger partial charge in [-0.15, -0.1) is 0 Å². The fourth-order valence-corrected chi connectivity index (χ4v) is 0.403. The van der Waals surface area contributed by atoms with Gasteiger partial charge in [-0.2, -0.15) is 0 Å². The van der Waals surface area contributed by atoms with Crippen LogP contribution in [0.5, 0.6) is 0 Å². The van der Waals surface area contributed by atoms with Crippen LogP contribution in [-0.2, 0) is 4.74 Å². The van der Waals surface area contributed by atoms with E-state index < -0.39 is 0 Å². The second-order valence-corrected chi connectivity index (χ2v) is 2.87. The predicted octanol–water partition coefficient (Wildman–Crippen LogP) is 0.780. The molecule has 3 nitrogen and oxygen atoms in total. The van der Waals surface area contributed by atoms with Crippen LogP contribution in [0.2, 0.25) is 0 Å². The molecule has 0 rings (SSSR count). The molecule has 3 heteroatoms. The maximum atomic E-state index is 8.13. The van der Waals surface area contributed by atoms with Crippen LogP contribution < -0.4 is 5.48 Å². The summed E-state index contributed by atoms with van der Waals surface area (Å²) in [4.78, 5) is 0. The van der Waals surface area contributed by atoms with Crippen LogP contribution in [-0.4, -0.2) is 24.0 Å². The molecule has 2 N–H and O–H groups in total. The summed E-state index contributed by atoms with van der Waals surface area (Å²) in [5, 5.41) is 8.13. The Morgan fingerprint density at radius 3 is 2.33 bits per heavy atom. The van der Waals surface area contributed by atoms with Gasteiger partial charge in [0.25, 0.3) is 0 Å². The largest absolute Gasteiger partial charge is 0.374 e. The van der Waals surface area contributed by atoms with Crippen LogP contribution in [0.4, 0.5) is 0 Å². The predicted molar refractivity (Wildman–Crippen MR) is 35.5 cm³/mol. The highest BCUT2D eigenvalue weighted by Gasteiger charge is 2.08. The van der Waals surface area contributed by atoms with Gasteiger partial charge in [-0.05, 0) is 20.8 Å². The van der Waals surface area contributed by atoms with Gasteiger partial charge in [0.2, 0.25) is 0 Å². The average molecular weight is 133 g/mol. The second-order valence-electron chi connectivity index (χ2n) is 2.87. The van der Waals surface area contributed by atoms with E-state index >= 15 is 0 Å². The zero-order valence-corrected chi connectivity index (χ0v) is 6.27. The van der Waals surface area contributed by atoms with Gasteiger partial charge in [0, 0.05) is 6.54 Å². The van der Waals surface area contributed by atoms with E-state index in [0.717, 1.165) is 0 Å². The quantitative estimate of drug-likeness (QED) is 0.441. The summed E-state index contributed by atoms with van der Waals surface area (Å²) in [6, 6.07) is 0. The van der Waals surface area contributed by atoms with E-state index in [4.69, 9.17) is 9.94 Å². The first-order valence-electron chi connectivity index (χ1n) is 3.07. The fourth-order valence-electron chi connectivity index (χ4n) is 0.403. The van der Waals surface area contributed by atoms with Crippen molar-refractivity contribution in [3.8, 4) is 0 Å². The molecule has 0 amide bonds. The van der Waals surface area contributed by atoms with Gasteiger partial charge in [-0.1, -0.05) is 0 Å². The molecule has 0 spiro atoms. The molecule has 0 aromatic carbocycles. The van der Waals surface area contributed by atoms with Crippen molar-refractivity contribution in [2.45, 2.75) is 26.4 Å². The molecule has 0 aliphatic rings. The van der Waals surface area contributed by atoms with E-state index in [0.29, 0.717) is 13.2 Å². The Kier molecular flexibility index (Phi) is 3.77. The SMILES string of the molecule is CC(C)(C)OCCNO. The summed E-state index contributed by atoms with van der Waals surface area (Å²) < 4.78 is 5.25. The Bertz CT molecular complexity index is 67.9. The highest BCUT2D eigenvalue weighted by molar-refractivity contribution is 4.58. The van der Waals surface area contributed by atoms with Crippen LogP contribution in [0.1, 0.15) is 20.8 Å². The molecule has 56 valence electrons. The lowest BCUT2D eigenvalue weighted by Crippen LogP contribution is -2.24. The van der Waals surface area contributed by atoms with Crippen molar-refractivity contribution in [1.29, 1.82) is 0 Å². The van der Waals surface area contributed by atoms with Crippen LogP contribution in [0.15, 0.2) is 0 Å². The molecule has 0 radical (unpaired) electrons. The van der Waals surface area contributed by atoms with E-state index in [1.54, 1.807) is 0 Å². The third-order valence-corrected chi connectivity index (χ3v) is 0.749. The first kappa shape index (κ1) is 8.88. The second kappa shape index (κ2) is 3.82. The fraction of sp³-hybridized carbons (Fsp3) is 1.00. The molecule has 0 fully saturated rings. The van der Waals surface area contributed by atoms with Crippen molar-refractivity contribution >= 4 is 0 Å². The average Bonchev–Trinajstić information content (AvgIpc) is 1.63. The highest BCUT2D eigenvalue weighted by atomic mass is 16.5. The minimum atomic E-state index is -0.100. The lowest BCUT2D eigenvalue weighted by atomic mass is 10.2. The number of rotatable bonds is 3. The molecule has 0 unspecified atom stereocenters. The normalized spacial score (nSPS) is 12.0. The van der Waals surface area contributed by atoms with Crippen molar-refractivity contribution in [1.82, 2.24) is 5.48 Å². The van der Waals surface area contributed by atoms with E-state index in [2.05, 4.69) is 0 Å². The third-order valence-electron chi connectivity index (χ3n) is 0.749. The van der Waals surface area contributed by atoms with Gasteiger partial charge < -0.3 is 9.94 Å². The maximum absolute atomic E-state index is 8.13. The molecule has 0 aliphatic heterocycles. The molecule has 0 aromatic rings. The van der Waals surface area contributed by atoms with E-state index in [-0.39, 0.29) is 5.60 Å².